The van der Waals surface area contributed by atoms with Gasteiger partial charge >= 0.3 is 0 Å². The van der Waals surface area contributed by atoms with Crippen LogP contribution in [-0.4, -0.2) is 41.3 Å². The standard InChI is InChI=1S/C18H20N2O6S/c1-24-15-5-3-2-4-13(15)8-9-19-18(21)11-20-27(22,23)14-6-7-16-17(10-14)26-12-25-16/h2-7,10,20H,8-9,11-12H2,1H3,(H,19,21). The molecule has 0 atom stereocenters. The van der Waals surface area contributed by atoms with Crippen LogP contribution in [0.25, 0.3) is 0 Å². The first-order chi connectivity index (χ1) is 13.0. The third kappa shape index (κ3) is 4.69. The van der Waals surface area contributed by atoms with Gasteiger partial charge in [-0.2, -0.15) is 0 Å². The summed E-state index contributed by atoms with van der Waals surface area (Å²) in [4.78, 5) is 11.9. The molecule has 1 aliphatic heterocycles. The number of sulfonamides is 1. The lowest BCUT2D eigenvalue weighted by atomic mass is 10.1. The van der Waals surface area contributed by atoms with Crippen LogP contribution in [0, 0.1) is 0 Å². The first-order valence-electron chi connectivity index (χ1n) is 8.27. The molecular formula is C18H20N2O6S. The number of amides is 1. The topological polar surface area (TPSA) is 103 Å². The van der Waals surface area contributed by atoms with Gasteiger partial charge in [0.05, 0.1) is 18.6 Å². The molecule has 0 aliphatic carbocycles. The molecule has 8 nitrogen and oxygen atoms in total. The van der Waals surface area contributed by atoms with Gasteiger partial charge in [-0.1, -0.05) is 18.2 Å². The summed E-state index contributed by atoms with van der Waals surface area (Å²) in [5.74, 6) is 1.17. The first-order valence-corrected chi connectivity index (χ1v) is 9.76. The van der Waals surface area contributed by atoms with E-state index in [1.165, 1.54) is 18.2 Å². The van der Waals surface area contributed by atoms with Gasteiger partial charge in [-0.05, 0) is 30.2 Å². The quantitative estimate of drug-likeness (QED) is 0.696. The largest absolute Gasteiger partial charge is 0.496 e. The van der Waals surface area contributed by atoms with E-state index >= 15 is 0 Å². The van der Waals surface area contributed by atoms with Gasteiger partial charge in [0.25, 0.3) is 0 Å². The van der Waals surface area contributed by atoms with E-state index in [0.717, 1.165) is 11.3 Å². The SMILES string of the molecule is COc1ccccc1CCNC(=O)CNS(=O)(=O)c1ccc2c(c1)OCO2. The van der Waals surface area contributed by atoms with Crippen molar-refractivity contribution in [2.75, 3.05) is 27.0 Å². The van der Waals surface area contributed by atoms with Crippen molar-refractivity contribution in [3.8, 4) is 17.2 Å². The van der Waals surface area contributed by atoms with Crippen LogP contribution in [0.4, 0.5) is 0 Å². The summed E-state index contributed by atoms with van der Waals surface area (Å²) >= 11 is 0. The number of para-hydroxylation sites is 1. The van der Waals surface area contributed by atoms with Crippen LogP contribution >= 0.6 is 0 Å². The van der Waals surface area contributed by atoms with E-state index in [9.17, 15) is 13.2 Å². The Balaban J connectivity index is 1.49. The van der Waals surface area contributed by atoms with Crippen LogP contribution in [0.15, 0.2) is 47.4 Å². The second-order valence-corrected chi connectivity index (χ2v) is 7.52. The molecule has 1 amide bonds. The summed E-state index contributed by atoms with van der Waals surface area (Å²) in [6.45, 7) is 0.0640. The van der Waals surface area contributed by atoms with Crippen molar-refractivity contribution in [3.05, 3.63) is 48.0 Å². The molecule has 0 saturated carbocycles. The minimum atomic E-state index is -3.83. The zero-order valence-corrected chi connectivity index (χ0v) is 15.5. The Hall–Kier alpha value is -2.78. The monoisotopic (exact) mass is 392 g/mol. The Labute approximate surface area is 157 Å². The smallest absolute Gasteiger partial charge is 0.241 e. The fourth-order valence-corrected chi connectivity index (χ4v) is 3.59. The molecular weight excluding hydrogens is 372 g/mol. The van der Waals surface area contributed by atoms with Gasteiger partial charge in [0.2, 0.25) is 22.7 Å². The van der Waals surface area contributed by atoms with Crippen LogP contribution < -0.4 is 24.2 Å². The summed E-state index contributed by atoms with van der Waals surface area (Å²) < 4.78 is 42.5. The second-order valence-electron chi connectivity index (χ2n) is 5.75. The number of rotatable bonds is 8. The summed E-state index contributed by atoms with van der Waals surface area (Å²) in [6.07, 6.45) is 0.574. The third-order valence-corrected chi connectivity index (χ3v) is 5.39. The number of hydrogen-bond donors (Lipinski definition) is 2. The van der Waals surface area contributed by atoms with Crippen molar-refractivity contribution < 1.29 is 27.4 Å². The van der Waals surface area contributed by atoms with Gasteiger partial charge in [0, 0.05) is 12.6 Å². The summed E-state index contributed by atoms with van der Waals surface area (Å²) in [5, 5.41) is 2.68. The molecule has 2 aromatic carbocycles. The van der Waals surface area contributed by atoms with Gasteiger partial charge < -0.3 is 19.5 Å². The van der Waals surface area contributed by atoms with Crippen LogP contribution in [0.1, 0.15) is 5.56 Å². The average molecular weight is 392 g/mol. The lowest BCUT2D eigenvalue weighted by Crippen LogP contribution is -2.37. The molecule has 27 heavy (non-hydrogen) atoms. The van der Waals surface area contributed by atoms with Crippen molar-refractivity contribution in [1.29, 1.82) is 0 Å². The Morgan fingerprint density at radius 3 is 2.74 bits per heavy atom. The van der Waals surface area contributed by atoms with Crippen LogP contribution in [-0.2, 0) is 21.2 Å². The predicted octanol–water partition coefficient (Wildman–Crippen LogP) is 1.06. The maximum absolute atomic E-state index is 12.3. The average Bonchev–Trinajstić information content (AvgIpc) is 3.15. The Bertz CT molecular complexity index is 929. The molecule has 144 valence electrons. The van der Waals surface area contributed by atoms with Gasteiger partial charge in [-0.15, -0.1) is 0 Å². The Morgan fingerprint density at radius 2 is 1.93 bits per heavy atom. The normalized spacial score (nSPS) is 12.6. The first kappa shape index (κ1) is 19.0. The fourth-order valence-electron chi connectivity index (χ4n) is 2.60. The van der Waals surface area contributed by atoms with Crippen molar-refractivity contribution in [1.82, 2.24) is 10.0 Å². The van der Waals surface area contributed by atoms with Gasteiger partial charge in [-0.3, -0.25) is 4.79 Å². The van der Waals surface area contributed by atoms with E-state index in [-0.39, 0.29) is 18.2 Å². The molecule has 0 aromatic heterocycles. The lowest BCUT2D eigenvalue weighted by molar-refractivity contribution is -0.119. The minimum Gasteiger partial charge on any atom is -0.496 e. The molecule has 9 heteroatoms. The third-order valence-electron chi connectivity index (χ3n) is 3.99. The minimum absolute atomic E-state index is 0.00794. The van der Waals surface area contributed by atoms with E-state index in [1.807, 2.05) is 24.3 Å². The van der Waals surface area contributed by atoms with E-state index < -0.39 is 15.9 Å². The molecule has 0 radical (unpaired) electrons. The number of benzene rings is 2. The fraction of sp³-hybridized carbons (Fsp3) is 0.278. The zero-order chi connectivity index (χ0) is 19.3. The molecule has 0 unspecified atom stereocenters. The number of fused-ring (bicyclic) bond motifs is 1. The summed E-state index contributed by atoms with van der Waals surface area (Å²) in [5.41, 5.74) is 0.959. The Kier molecular flexibility index (Phi) is 5.82. The molecule has 3 rings (SSSR count). The zero-order valence-electron chi connectivity index (χ0n) is 14.7. The van der Waals surface area contributed by atoms with Crippen LogP contribution in [0.3, 0.4) is 0 Å². The summed E-state index contributed by atoms with van der Waals surface area (Å²) in [7, 11) is -2.25. The van der Waals surface area contributed by atoms with E-state index in [1.54, 1.807) is 7.11 Å². The van der Waals surface area contributed by atoms with Gasteiger partial charge in [-0.25, -0.2) is 13.1 Å². The highest BCUT2D eigenvalue weighted by atomic mass is 32.2. The second kappa shape index (κ2) is 8.28. The highest BCUT2D eigenvalue weighted by Crippen LogP contribution is 2.33. The number of ether oxygens (including phenoxy) is 3. The predicted molar refractivity (Wildman–Crippen MR) is 97.5 cm³/mol. The van der Waals surface area contributed by atoms with Gasteiger partial charge in [0.15, 0.2) is 11.5 Å². The van der Waals surface area contributed by atoms with Crippen LogP contribution in [0.2, 0.25) is 0 Å². The maximum Gasteiger partial charge on any atom is 0.241 e. The molecule has 1 aliphatic rings. The molecule has 0 fully saturated rings. The van der Waals surface area contributed by atoms with Crippen molar-refractivity contribution in [2.24, 2.45) is 0 Å². The lowest BCUT2D eigenvalue weighted by Gasteiger charge is -2.10. The van der Waals surface area contributed by atoms with E-state index in [0.29, 0.717) is 24.5 Å². The molecule has 1 heterocycles. The number of methoxy groups -OCH3 is 1. The van der Waals surface area contributed by atoms with Gasteiger partial charge in [0.1, 0.15) is 5.75 Å². The molecule has 0 bridgehead atoms. The van der Waals surface area contributed by atoms with E-state index in [4.69, 9.17) is 14.2 Å². The maximum atomic E-state index is 12.3. The highest BCUT2D eigenvalue weighted by Gasteiger charge is 2.20. The Morgan fingerprint density at radius 1 is 1.15 bits per heavy atom. The van der Waals surface area contributed by atoms with Crippen molar-refractivity contribution >= 4 is 15.9 Å². The molecule has 2 aromatic rings. The number of nitrogens with one attached hydrogen (secondary N) is 2. The highest BCUT2D eigenvalue weighted by molar-refractivity contribution is 7.89. The number of carbonyl (C=O) groups excluding carboxylic acids is 1. The number of hydrogen-bond acceptors (Lipinski definition) is 6. The van der Waals surface area contributed by atoms with Crippen molar-refractivity contribution in [2.45, 2.75) is 11.3 Å². The number of carbonyl (C=O) groups is 1. The molecule has 0 spiro atoms. The van der Waals surface area contributed by atoms with E-state index in [2.05, 4.69) is 10.0 Å². The van der Waals surface area contributed by atoms with Crippen LogP contribution in [0.5, 0.6) is 17.2 Å². The summed E-state index contributed by atoms with van der Waals surface area (Å²) in [6, 6.07) is 11.8. The van der Waals surface area contributed by atoms with Crippen molar-refractivity contribution in [3.63, 3.8) is 0 Å². The molecule has 0 saturated heterocycles. The molecule has 2 N–H and O–H groups in total.